The van der Waals surface area contributed by atoms with Gasteiger partial charge in [0.15, 0.2) is 0 Å². The molecule has 0 bridgehead atoms. The van der Waals surface area contributed by atoms with Gasteiger partial charge in [-0.2, -0.15) is 0 Å². The zero-order chi connectivity index (χ0) is 12.4. The van der Waals surface area contributed by atoms with E-state index in [4.69, 9.17) is 21.8 Å². The fourth-order valence-electron chi connectivity index (χ4n) is 1.71. The number of furan rings is 1. The van der Waals surface area contributed by atoms with Crippen LogP contribution in [0.1, 0.15) is 18.2 Å². The average Bonchev–Trinajstić information content (AvgIpc) is 2.69. The van der Waals surface area contributed by atoms with Crippen LogP contribution >= 0.6 is 11.6 Å². The van der Waals surface area contributed by atoms with Crippen molar-refractivity contribution in [2.45, 2.75) is 26.3 Å². The summed E-state index contributed by atoms with van der Waals surface area (Å²) in [5, 5.41) is 0.757. The van der Waals surface area contributed by atoms with Crippen LogP contribution in [-0.2, 0) is 6.42 Å². The van der Waals surface area contributed by atoms with Gasteiger partial charge in [0, 0.05) is 23.0 Å². The summed E-state index contributed by atoms with van der Waals surface area (Å²) >= 11 is 6.09. The summed E-state index contributed by atoms with van der Waals surface area (Å²) < 4.78 is 5.74. The molecule has 1 aromatic heterocycles. The summed E-state index contributed by atoms with van der Waals surface area (Å²) in [6, 6.07) is 9.95. The van der Waals surface area contributed by atoms with Crippen LogP contribution in [0.5, 0.6) is 0 Å². The van der Waals surface area contributed by atoms with Crippen LogP contribution in [0.15, 0.2) is 34.7 Å². The minimum Gasteiger partial charge on any atom is -0.461 e. The molecule has 0 amide bonds. The highest BCUT2D eigenvalue weighted by Gasteiger charge is 2.07. The molecule has 0 fully saturated rings. The van der Waals surface area contributed by atoms with E-state index in [1.54, 1.807) is 0 Å². The van der Waals surface area contributed by atoms with Crippen molar-refractivity contribution < 1.29 is 4.42 Å². The number of hydrogen-bond acceptors (Lipinski definition) is 2. The highest BCUT2D eigenvalue weighted by atomic mass is 35.5. The number of benzene rings is 1. The first-order chi connectivity index (χ1) is 8.06. The second-order valence-electron chi connectivity index (χ2n) is 4.41. The monoisotopic (exact) mass is 249 g/mol. The van der Waals surface area contributed by atoms with E-state index in [2.05, 4.69) is 0 Å². The van der Waals surface area contributed by atoms with Gasteiger partial charge in [0.05, 0.1) is 0 Å². The number of nitrogens with two attached hydrogens (primary N) is 1. The molecule has 1 atom stereocenters. The van der Waals surface area contributed by atoms with E-state index in [0.29, 0.717) is 0 Å². The SMILES string of the molecule is Cc1ccc(-c2ccc(CC(C)N)o2)cc1Cl. The maximum Gasteiger partial charge on any atom is 0.134 e. The lowest BCUT2D eigenvalue weighted by molar-refractivity contribution is 0.503. The van der Waals surface area contributed by atoms with E-state index >= 15 is 0 Å². The highest BCUT2D eigenvalue weighted by Crippen LogP contribution is 2.27. The van der Waals surface area contributed by atoms with Gasteiger partial charge in [0.25, 0.3) is 0 Å². The quantitative estimate of drug-likeness (QED) is 0.899. The van der Waals surface area contributed by atoms with Crippen molar-refractivity contribution in [3.63, 3.8) is 0 Å². The largest absolute Gasteiger partial charge is 0.461 e. The number of aryl methyl sites for hydroxylation is 1. The molecule has 0 saturated carbocycles. The van der Waals surface area contributed by atoms with Crippen molar-refractivity contribution in [3.05, 3.63) is 46.7 Å². The first-order valence-electron chi connectivity index (χ1n) is 5.67. The molecule has 2 N–H and O–H groups in total. The molecule has 0 aliphatic rings. The van der Waals surface area contributed by atoms with Crippen LogP contribution in [-0.4, -0.2) is 6.04 Å². The molecule has 2 aromatic rings. The highest BCUT2D eigenvalue weighted by molar-refractivity contribution is 6.31. The molecule has 1 aromatic carbocycles. The Morgan fingerprint density at radius 1 is 1.29 bits per heavy atom. The lowest BCUT2D eigenvalue weighted by Gasteiger charge is -2.02. The molecule has 2 rings (SSSR count). The molecule has 17 heavy (non-hydrogen) atoms. The van der Waals surface area contributed by atoms with E-state index < -0.39 is 0 Å². The van der Waals surface area contributed by atoms with Crippen molar-refractivity contribution in [2.24, 2.45) is 5.73 Å². The van der Waals surface area contributed by atoms with Crippen LogP contribution in [0.2, 0.25) is 5.02 Å². The van der Waals surface area contributed by atoms with Crippen molar-refractivity contribution >= 4 is 11.6 Å². The lowest BCUT2D eigenvalue weighted by Crippen LogP contribution is -2.17. The molecule has 90 valence electrons. The van der Waals surface area contributed by atoms with Gasteiger partial charge in [-0.05, 0) is 37.6 Å². The maximum absolute atomic E-state index is 6.09. The molecular weight excluding hydrogens is 234 g/mol. The van der Waals surface area contributed by atoms with Crippen molar-refractivity contribution in [1.29, 1.82) is 0 Å². The molecular formula is C14H16ClNO. The Kier molecular flexibility index (Phi) is 3.55. The van der Waals surface area contributed by atoms with Gasteiger partial charge in [0.1, 0.15) is 11.5 Å². The third-order valence-electron chi connectivity index (χ3n) is 2.64. The third kappa shape index (κ3) is 2.90. The lowest BCUT2D eigenvalue weighted by atomic mass is 10.1. The Morgan fingerprint density at radius 2 is 2.06 bits per heavy atom. The van der Waals surface area contributed by atoms with Gasteiger partial charge >= 0.3 is 0 Å². The summed E-state index contributed by atoms with van der Waals surface area (Å²) in [5.74, 6) is 1.74. The van der Waals surface area contributed by atoms with Gasteiger partial charge in [-0.1, -0.05) is 23.7 Å². The zero-order valence-corrected chi connectivity index (χ0v) is 10.8. The van der Waals surface area contributed by atoms with Crippen molar-refractivity contribution in [3.8, 4) is 11.3 Å². The van der Waals surface area contributed by atoms with Gasteiger partial charge in [-0.15, -0.1) is 0 Å². The van der Waals surface area contributed by atoms with Gasteiger partial charge in [-0.25, -0.2) is 0 Å². The zero-order valence-electron chi connectivity index (χ0n) is 10.0. The van der Waals surface area contributed by atoms with Crippen LogP contribution in [0.25, 0.3) is 11.3 Å². The first kappa shape index (κ1) is 12.2. The second kappa shape index (κ2) is 4.94. The molecule has 3 heteroatoms. The molecule has 0 aliphatic carbocycles. The Bertz CT molecular complexity index is 517. The Hall–Kier alpha value is -1.25. The van der Waals surface area contributed by atoms with Crippen LogP contribution in [0, 0.1) is 6.92 Å². The molecule has 2 nitrogen and oxygen atoms in total. The Labute approximate surface area is 106 Å². The van der Waals surface area contributed by atoms with Crippen LogP contribution < -0.4 is 5.73 Å². The van der Waals surface area contributed by atoms with Gasteiger partial charge in [-0.3, -0.25) is 0 Å². The maximum atomic E-state index is 6.09. The molecule has 0 spiro atoms. The average molecular weight is 250 g/mol. The van der Waals surface area contributed by atoms with Gasteiger partial charge in [0.2, 0.25) is 0 Å². The van der Waals surface area contributed by atoms with E-state index in [0.717, 1.165) is 34.1 Å². The molecule has 0 aliphatic heterocycles. The summed E-state index contributed by atoms with van der Waals surface area (Å²) in [6.45, 7) is 3.95. The summed E-state index contributed by atoms with van der Waals surface area (Å²) in [6.07, 6.45) is 0.750. The van der Waals surface area contributed by atoms with E-state index in [1.165, 1.54) is 0 Å². The van der Waals surface area contributed by atoms with E-state index in [-0.39, 0.29) is 6.04 Å². The van der Waals surface area contributed by atoms with Crippen molar-refractivity contribution in [1.82, 2.24) is 0 Å². The molecule has 1 heterocycles. The predicted octanol–water partition coefficient (Wildman–Crippen LogP) is 3.80. The fraction of sp³-hybridized carbons (Fsp3) is 0.286. The summed E-state index contributed by atoms with van der Waals surface area (Å²) in [5.41, 5.74) is 7.80. The molecule has 0 radical (unpaired) electrons. The minimum absolute atomic E-state index is 0.107. The van der Waals surface area contributed by atoms with E-state index in [9.17, 15) is 0 Å². The normalized spacial score (nSPS) is 12.7. The Morgan fingerprint density at radius 3 is 2.71 bits per heavy atom. The third-order valence-corrected chi connectivity index (χ3v) is 3.05. The van der Waals surface area contributed by atoms with Crippen molar-refractivity contribution in [2.75, 3.05) is 0 Å². The van der Waals surface area contributed by atoms with E-state index in [1.807, 2.05) is 44.2 Å². The summed E-state index contributed by atoms with van der Waals surface area (Å²) in [7, 11) is 0. The van der Waals surface area contributed by atoms with Gasteiger partial charge < -0.3 is 10.2 Å². The van der Waals surface area contributed by atoms with Crippen LogP contribution in [0.3, 0.4) is 0 Å². The number of rotatable bonds is 3. The predicted molar refractivity (Wildman–Crippen MR) is 71.2 cm³/mol. The fourth-order valence-corrected chi connectivity index (χ4v) is 1.89. The number of halogens is 1. The Balaban J connectivity index is 2.27. The second-order valence-corrected chi connectivity index (χ2v) is 4.82. The molecule has 0 saturated heterocycles. The molecule has 1 unspecified atom stereocenters. The smallest absolute Gasteiger partial charge is 0.134 e. The topological polar surface area (TPSA) is 39.2 Å². The first-order valence-corrected chi connectivity index (χ1v) is 6.05. The van der Waals surface area contributed by atoms with Crippen LogP contribution in [0.4, 0.5) is 0 Å². The number of hydrogen-bond donors (Lipinski definition) is 1. The summed E-state index contributed by atoms with van der Waals surface area (Å²) in [4.78, 5) is 0. The minimum atomic E-state index is 0.107. The standard InChI is InChI=1S/C14H16ClNO/c1-9-3-4-11(8-13(9)15)14-6-5-12(17-14)7-10(2)16/h3-6,8,10H,7,16H2,1-2H3.